The molecule has 43 heavy (non-hydrogen) atoms. The SMILES string of the molecule is CCn1ccnc1CN(CCOCC(=O)N1CCc2nc(-c3ccccc3)oc2C1)S(=O)(=O)c1c(C)cc(OC)cc1C. The van der Waals surface area contributed by atoms with Gasteiger partial charge in [-0.3, -0.25) is 4.79 Å². The van der Waals surface area contributed by atoms with Gasteiger partial charge in [-0.15, -0.1) is 0 Å². The maximum absolute atomic E-state index is 14.0. The van der Waals surface area contributed by atoms with Crippen molar-refractivity contribution >= 4 is 15.9 Å². The van der Waals surface area contributed by atoms with E-state index in [9.17, 15) is 13.2 Å². The van der Waals surface area contributed by atoms with Crippen LogP contribution in [0.4, 0.5) is 0 Å². The monoisotopic (exact) mass is 607 g/mol. The molecule has 5 rings (SSSR count). The van der Waals surface area contributed by atoms with E-state index >= 15 is 0 Å². The summed E-state index contributed by atoms with van der Waals surface area (Å²) in [6.45, 7) is 6.93. The van der Waals surface area contributed by atoms with Crippen molar-refractivity contribution in [2.75, 3.05) is 33.4 Å². The van der Waals surface area contributed by atoms with Crippen LogP contribution in [-0.2, 0) is 45.6 Å². The lowest BCUT2D eigenvalue weighted by molar-refractivity contribution is -0.137. The van der Waals surface area contributed by atoms with Gasteiger partial charge in [0.25, 0.3) is 0 Å². The lowest BCUT2D eigenvalue weighted by atomic mass is 10.1. The van der Waals surface area contributed by atoms with Crippen molar-refractivity contribution in [2.45, 2.75) is 51.7 Å². The molecular formula is C31H37N5O6S. The summed E-state index contributed by atoms with van der Waals surface area (Å²) < 4.78 is 48.3. The average Bonchev–Trinajstić information content (AvgIpc) is 3.64. The Balaban J connectivity index is 1.24. The molecule has 1 aliphatic rings. The third-order valence-electron chi connectivity index (χ3n) is 7.54. The standard InChI is InChI=1S/C31H37N5O6S/c1-5-34-14-12-32-28(34)20-36(43(38,39)30-22(2)17-25(40-4)18-23(30)3)15-16-41-21-29(37)35-13-11-26-27(19-35)42-31(33-26)24-9-7-6-8-10-24/h6-10,12,14,17-18H,5,11,13,15-16,19-21H2,1-4H3. The molecule has 0 fully saturated rings. The summed E-state index contributed by atoms with van der Waals surface area (Å²) in [5.41, 5.74) is 2.92. The third-order valence-corrected chi connectivity index (χ3v) is 9.69. The van der Waals surface area contributed by atoms with E-state index in [1.54, 1.807) is 44.2 Å². The van der Waals surface area contributed by atoms with Crippen LogP contribution in [0, 0.1) is 13.8 Å². The molecule has 1 aliphatic heterocycles. The molecule has 0 saturated heterocycles. The molecule has 11 nitrogen and oxygen atoms in total. The third kappa shape index (κ3) is 6.66. The molecule has 2 aromatic heterocycles. The predicted octanol–water partition coefficient (Wildman–Crippen LogP) is 3.98. The van der Waals surface area contributed by atoms with Crippen molar-refractivity contribution < 1.29 is 27.1 Å². The summed E-state index contributed by atoms with van der Waals surface area (Å²) in [6.07, 6.45) is 4.07. The Hall–Kier alpha value is -4.00. The molecule has 0 spiro atoms. The van der Waals surface area contributed by atoms with Gasteiger partial charge in [-0.25, -0.2) is 18.4 Å². The number of carbonyl (C=O) groups excluding carboxylic acids is 1. The molecule has 228 valence electrons. The number of imidazole rings is 1. The highest BCUT2D eigenvalue weighted by molar-refractivity contribution is 7.89. The minimum absolute atomic E-state index is 0.0333. The smallest absolute Gasteiger partial charge is 0.248 e. The highest BCUT2D eigenvalue weighted by Crippen LogP contribution is 2.29. The van der Waals surface area contributed by atoms with Gasteiger partial charge in [0.05, 0.1) is 37.4 Å². The first-order chi connectivity index (χ1) is 20.7. The van der Waals surface area contributed by atoms with Crippen LogP contribution in [0.15, 0.2) is 64.2 Å². The van der Waals surface area contributed by atoms with Gasteiger partial charge in [0.2, 0.25) is 21.8 Å². The molecule has 1 amide bonds. The maximum atomic E-state index is 14.0. The molecule has 0 radical (unpaired) electrons. The fourth-order valence-electron chi connectivity index (χ4n) is 5.32. The topological polar surface area (TPSA) is 120 Å². The van der Waals surface area contributed by atoms with Crippen LogP contribution in [0.5, 0.6) is 5.75 Å². The molecule has 0 aliphatic carbocycles. The molecular weight excluding hydrogens is 570 g/mol. The first-order valence-electron chi connectivity index (χ1n) is 14.3. The number of amides is 1. The molecule has 0 saturated carbocycles. The van der Waals surface area contributed by atoms with Crippen LogP contribution < -0.4 is 4.74 Å². The molecule has 0 bridgehead atoms. The zero-order valence-corrected chi connectivity index (χ0v) is 25.8. The number of methoxy groups -OCH3 is 1. The number of aryl methyl sites for hydroxylation is 3. The van der Waals surface area contributed by atoms with Crippen LogP contribution in [-0.4, -0.2) is 71.5 Å². The van der Waals surface area contributed by atoms with Crippen molar-refractivity contribution in [1.29, 1.82) is 0 Å². The number of hydrogen-bond donors (Lipinski definition) is 0. The first kappa shape index (κ1) is 30.5. The van der Waals surface area contributed by atoms with E-state index in [0.717, 1.165) is 11.3 Å². The second-order valence-corrected chi connectivity index (χ2v) is 12.3. The molecule has 4 aromatic rings. The fourth-order valence-corrected chi connectivity index (χ4v) is 7.11. The number of nitrogens with zero attached hydrogens (tertiary/aromatic N) is 5. The van der Waals surface area contributed by atoms with E-state index in [0.29, 0.717) is 60.4 Å². The van der Waals surface area contributed by atoms with Crippen molar-refractivity contribution in [3.63, 3.8) is 0 Å². The summed E-state index contributed by atoms with van der Waals surface area (Å²) in [5, 5.41) is 0. The normalized spacial score (nSPS) is 13.4. The molecule has 3 heterocycles. The number of ether oxygens (including phenoxy) is 2. The average molecular weight is 608 g/mol. The van der Waals surface area contributed by atoms with Crippen molar-refractivity contribution in [2.24, 2.45) is 0 Å². The van der Waals surface area contributed by atoms with Gasteiger partial charge >= 0.3 is 0 Å². The number of sulfonamides is 1. The molecule has 12 heteroatoms. The Morgan fingerprint density at radius 3 is 2.58 bits per heavy atom. The maximum Gasteiger partial charge on any atom is 0.248 e. The van der Waals surface area contributed by atoms with Gasteiger partial charge in [0.15, 0.2) is 0 Å². The minimum Gasteiger partial charge on any atom is -0.497 e. The van der Waals surface area contributed by atoms with E-state index in [-0.39, 0.29) is 37.1 Å². The van der Waals surface area contributed by atoms with E-state index in [1.165, 1.54) is 4.31 Å². The Morgan fingerprint density at radius 1 is 1.14 bits per heavy atom. The number of rotatable bonds is 12. The number of oxazole rings is 1. The Kier molecular flexibility index (Phi) is 9.28. The van der Waals surface area contributed by atoms with Crippen molar-refractivity contribution in [3.8, 4) is 17.2 Å². The highest BCUT2D eigenvalue weighted by atomic mass is 32.2. The highest BCUT2D eigenvalue weighted by Gasteiger charge is 2.30. The Bertz CT molecular complexity index is 1660. The van der Waals surface area contributed by atoms with Crippen molar-refractivity contribution in [3.05, 3.63) is 83.3 Å². The number of aromatic nitrogens is 3. The number of fused-ring (bicyclic) bond motifs is 1. The van der Waals surface area contributed by atoms with Gasteiger partial charge < -0.3 is 23.4 Å². The summed E-state index contributed by atoms with van der Waals surface area (Å²) in [6, 6.07) is 13.1. The quantitative estimate of drug-likeness (QED) is 0.222. The van der Waals surface area contributed by atoms with Gasteiger partial charge in [-0.1, -0.05) is 18.2 Å². The largest absolute Gasteiger partial charge is 0.497 e. The van der Waals surface area contributed by atoms with Crippen LogP contribution in [0.1, 0.15) is 35.3 Å². The van der Waals surface area contributed by atoms with Gasteiger partial charge in [0.1, 0.15) is 23.9 Å². The second kappa shape index (κ2) is 13.1. The van der Waals surface area contributed by atoms with E-state index in [1.807, 2.05) is 48.0 Å². The first-order valence-corrected chi connectivity index (χ1v) is 15.7. The molecule has 0 N–H and O–H groups in total. The van der Waals surface area contributed by atoms with Gasteiger partial charge in [0, 0.05) is 44.0 Å². The lowest BCUT2D eigenvalue weighted by Crippen LogP contribution is -2.39. The van der Waals surface area contributed by atoms with E-state index < -0.39 is 10.0 Å². The van der Waals surface area contributed by atoms with Gasteiger partial charge in [-0.05, 0) is 56.2 Å². The Labute approximate surface area is 252 Å². The second-order valence-electron chi connectivity index (χ2n) is 10.4. The van der Waals surface area contributed by atoms with Gasteiger partial charge in [-0.2, -0.15) is 4.31 Å². The number of hydrogen-bond acceptors (Lipinski definition) is 8. The molecule has 0 atom stereocenters. The van der Waals surface area contributed by atoms with Crippen LogP contribution in [0.2, 0.25) is 0 Å². The molecule has 2 aromatic carbocycles. The molecule has 0 unspecified atom stereocenters. The van der Waals surface area contributed by atoms with Crippen LogP contribution >= 0.6 is 0 Å². The minimum atomic E-state index is -3.93. The fraction of sp³-hybridized carbons (Fsp3) is 0.387. The zero-order valence-electron chi connectivity index (χ0n) is 24.9. The summed E-state index contributed by atoms with van der Waals surface area (Å²) in [5.74, 6) is 2.24. The van der Waals surface area contributed by atoms with Crippen molar-refractivity contribution in [1.82, 2.24) is 23.7 Å². The van der Waals surface area contributed by atoms with Crippen LogP contribution in [0.3, 0.4) is 0 Å². The predicted molar refractivity (Wildman–Crippen MR) is 160 cm³/mol. The summed E-state index contributed by atoms with van der Waals surface area (Å²) in [7, 11) is -2.38. The van der Waals surface area contributed by atoms with E-state index in [2.05, 4.69) is 9.97 Å². The summed E-state index contributed by atoms with van der Waals surface area (Å²) >= 11 is 0. The summed E-state index contributed by atoms with van der Waals surface area (Å²) in [4.78, 5) is 23.9. The Morgan fingerprint density at radius 2 is 1.88 bits per heavy atom. The van der Waals surface area contributed by atoms with Crippen LogP contribution in [0.25, 0.3) is 11.5 Å². The zero-order chi connectivity index (χ0) is 30.6. The van der Waals surface area contributed by atoms with E-state index in [4.69, 9.17) is 13.9 Å². The number of carbonyl (C=O) groups is 1. The number of benzene rings is 2. The lowest BCUT2D eigenvalue weighted by Gasteiger charge is -2.26.